The Labute approximate surface area is 175 Å². The van der Waals surface area contributed by atoms with Gasteiger partial charge in [-0.25, -0.2) is 13.4 Å². The number of carbonyl (C=O) groups is 1. The number of fused-ring (bicyclic) bond motifs is 1. The first-order valence-corrected chi connectivity index (χ1v) is 11.5. The summed E-state index contributed by atoms with van der Waals surface area (Å²) in [6.45, 7) is 1.99. The zero-order chi connectivity index (χ0) is 21.3. The average molecular weight is 420 g/mol. The lowest BCUT2D eigenvalue weighted by atomic mass is 10.1. The van der Waals surface area contributed by atoms with Crippen LogP contribution in [0.3, 0.4) is 0 Å². The standard InChI is InChI=1S/C23H21N3O3S/c1-16-11-12-26-20(13-16)24-21(18-8-4-3-5-9-18)22(26)25-23(27)19-10-6-7-17(14-19)15-30(2,28)29/h3-14H,15H2,1-2H3,(H,25,27). The average Bonchev–Trinajstić information content (AvgIpc) is 3.05. The van der Waals surface area contributed by atoms with Gasteiger partial charge in [0.1, 0.15) is 17.2 Å². The Kier molecular flexibility index (Phi) is 5.13. The summed E-state index contributed by atoms with van der Waals surface area (Å²) in [6, 6.07) is 20.2. The molecule has 152 valence electrons. The van der Waals surface area contributed by atoms with Gasteiger partial charge in [0.05, 0.1) is 5.75 Å². The van der Waals surface area contributed by atoms with Gasteiger partial charge in [-0.15, -0.1) is 0 Å². The fraction of sp³-hybridized carbons (Fsp3) is 0.130. The number of imidazole rings is 1. The predicted molar refractivity (Wildman–Crippen MR) is 118 cm³/mol. The van der Waals surface area contributed by atoms with Crippen LogP contribution >= 0.6 is 0 Å². The second kappa shape index (κ2) is 7.76. The summed E-state index contributed by atoms with van der Waals surface area (Å²) in [4.78, 5) is 17.7. The lowest BCUT2D eigenvalue weighted by Gasteiger charge is -2.09. The number of hydrogen-bond acceptors (Lipinski definition) is 4. The van der Waals surface area contributed by atoms with Crippen LogP contribution in [0.15, 0.2) is 72.9 Å². The molecule has 0 atom stereocenters. The van der Waals surface area contributed by atoms with E-state index in [1.165, 1.54) is 6.26 Å². The molecule has 6 nitrogen and oxygen atoms in total. The number of nitrogens with zero attached hydrogens (tertiary/aromatic N) is 2. The molecule has 30 heavy (non-hydrogen) atoms. The molecule has 0 aliphatic rings. The highest BCUT2D eigenvalue weighted by atomic mass is 32.2. The van der Waals surface area contributed by atoms with Gasteiger partial charge in [0.2, 0.25) is 0 Å². The van der Waals surface area contributed by atoms with Crippen LogP contribution < -0.4 is 5.32 Å². The number of anilines is 1. The van der Waals surface area contributed by atoms with Crippen LogP contribution in [-0.4, -0.2) is 30.0 Å². The molecule has 0 aliphatic carbocycles. The van der Waals surface area contributed by atoms with Gasteiger partial charge in [0.15, 0.2) is 9.84 Å². The van der Waals surface area contributed by atoms with E-state index in [9.17, 15) is 13.2 Å². The van der Waals surface area contributed by atoms with Crippen molar-refractivity contribution in [1.82, 2.24) is 9.38 Å². The van der Waals surface area contributed by atoms with Gasteiger partial charge in [-0.1, -0.05) is 42.5 Å². The van der Waals surface area contributed by atoms with E-state index in [-0.39, 0.29) is 11.7 Å². The lowest BCUT2D eigenvalue weighted by Crippen LogP contribution is -2.14. The molecule has 2 heterocycles. The molecule has 0 fully saturated rings. The summed E-state index contributed by atoms with van der Waals surface area (Å²) in [7, 11) is -3.19. The smallest absolute Gasteiger partial charge is 0.256 e. The quantitative estimate of drug-likeness (QED) is 0.528. The number of pyridine rings is 1. The fourth-order valence-corrected chi connectivity index (χ4v) is 4.13. The molecule has 4 rings (SSSR count). The number of amides is 1. The van der Waals surface area contributed by atoms with E-state index >= 15 is 0 Å². The Morgan fingerprint density at radius 2 is 1.80 bits per heavy atom. The molecule has 4 aromatic rings. The minimum atomic E-state index is -3.19. The SMILES string of the molecule is Cc1ccn2c(NC(=O)c3cccc(CS(C)(=O)=O)c3)c(-c3ccccc3)nc2c1. The largest absolute Gasteiger partial charge is 0.306 e. The van der Waals surface area contributed by atoms with Crippen molar-refractivity contribution in [3.05, 3.63) is 89.6 Å². The molecule has 0 saturated heterocycles. The van der Waals surface area contributed by atoms with Crippen LogP contribution in [0.4, 0.5) is 5.82 Å². The van der Waals surface area contributed by atoms with Gasteiger partial charge in [-0.3, -0.25) is 9.20 Å². The van der Waals surface area contributed by atoms with E-state index in [0.29, 0.717) is 22.6 Å². The molecule has 0 saturated carbocycles. The number of sulfone groups is 1. The minimum absolute atomic E-state index is 0.113. The monoisotopic (exact) mass is 419 g/mol. The Morgan fingerprint density at radius 3 is 2.53 bits per heavy atom. The highest BCUT2D eigenvalue weighted by Gasteiger charge is 2.18. The van der Waals surface area contributed by atoms with Crippen LogP contribution in [0.2, 0.25) is 0 Å². The third kappa shape index (κ3) is 4.26. The number of nitrogens with one attached hydrogen (secondary N) is 1. The number of hydrogen-bond donors (Lipinski definition) is 1. The van der Waals surface area contributed by atoms with Crippen molar-refractivity contribution in [3.8, 4) is 11.3 Å². The van der Waals surface area contributed by atoms with E-state index in [4.69, 9.17) is 4.98 Å². The molecule has 1 amide bonds. The summed E-state index contributed by atoms with van der Waals surface area (Å²) < 4.78 is 25.0. The van der Waals surface area contributed by atoms with Gasteiger partial charge in [-0.05, 0) is 42.3 Å². The topological polar surface area (TPSA) is 80.5 Å². The highest BCUT2D eigenvalue weighted by Crippen LogP contribution is 2.29. The van der Waals surface area contributed by atoms with Crippen LogP contribution in [0, 0.1) is 6.92 Å². The molecule has 1 N–H and O–H groups in total. The maximum atomic E-state index is 13.0. The predicted octanol–water partition coefficient (Wildman–Crippen LogP) is 4.11. The molecule has 2 aromatic carbocycles. The van der Waals surface area contributed by atoms with E-state index < -0.39 is 9.84 Å². The molecule has 7 heteroatoms. The van der Waals surface area contributed by atoms with Crippen molar-refractivity contribution in [2.75, 3.05) is 11.6 Å². The number of aryl methyl sites for hydroxylation is 1. The first-order chi connectivity index (χ1) is 14.3. The second-order valence-corrected chi connectivity index (χ2v) is 9.47. The maximum Gasteiger partial charge on any atom is 0.256 e. The first-order valence-electron chi connectivity index (χ1n) is 9.42. The molecule has 0 spiro atoms. The molecule has 2 aromatic heterocycles. The number of rotatable bonds is 5. The van der Waals surface area contributed by atoms with E-state index in [0.717, 1.165) is 16.8 Å². The van der Waals surface area contributed by atoms with Crippen molar-refractivity contribution in [3.63, 3.8) is 0 Å². The summed E-state index contributed by atoms with van der Waals surface area (Å²) >= 11 is 0. The molecule has 0 bridgehead atoms. The normalized spacial score (nSPS) is 11.5. The molecule has 0 unspecified atom stereocenters. The summed E-state index contributed by atoms with van der Waals surface area (Å²) in [5.41, 5.74) is 4.31. The number of aromatic nitrogens is 2. The molecule has 0 radical (unpaired) electrons. The minimum Gasteiger partial charge on any atom is -0.306 e. The van der Waals surface area contributed by atoms with Crippen molar-refractivity contribution in [2.24, 2.45) is 0 Å². The molecular weight excluding hydrogens is 398 g/mol. The summed E-state index contributed by atoms with van der Waals surface area (Å²) in [6.07, 6.45) is 3.05. The van der Waals surface area contributed by atoms with E-state index in [1.807, 2.05) is 60.0 Å². The van der Waals surface area contributed by atoms with Crippen LogP contribution in [-0.2, 0) is 15.6 Å². The lowest BCUT2D eigenvalue weighted by molar-refractivity contribution is 0.102. The number of benzene rings is 2. The van der Waals surface area contributed by atoms with Gasteiger partial charge < -0.3 is 5.32 Å². The van der Waals surface area contributed by atoms with Crippen LogP contribution in [0.25, 0.3) is 16.9 Å². The summed E-state index contributed by atoms with van der Waals surface area (Å²) in [5, 5.41) is 2.97. The van der Waals surface area contributed by atoms with Gasteiger partial charge in [0.25, 0.3) is 5.91 Å². The molecular formula is C23H21N3O3S. The van der Waals surface area contributed by atoms with Gasteiger partial charge >= 0.3 is 0 Å². The van der Waals surface area contributed by atoms with Crippen LogP contribution in [0.5, 0.6) is 0 Å². The maximum absolute atomic E-state index is 13.0. The Balaban J connectivity index is 1.75. The van der Waals surface area contributed by atoms with Crippen molar-refractivity contribution >= 4 is 27.2 Å². The summed E-state index contributed by atoms with van der Waals surface area (Å²) in [5.74, 6) is 0.123. The third-order valence-electron chi connectivity index (χ3n) is 4.68. The van der Waals surface area contributed by atoms with Crippen LogP contribution in [0.1, 0.15) is 21.5 Å². The second-order valence-electron chi connectivity index (χ2n) is 7.33. The zero-order valence-corrected chi connectivity index (χ0v) is 17.5. The fourth-order valence-electron chi connectivity index (χ4n) is 3.35. The zero-order valence-electron chi connectivity index (χ0n) is 16.7. The Morgan fingerprint density at radius 1 is 1.03 bits per heavy atom. The number of carbonyl (C=O) groups excluding carboxylic acids is 1. The third-order valence-corrected chi connectivity index (χ3v) is 5.54. The van der Waals surface area contributed by atoms with Crippen molar-refractivity contribution < 1.29 is 13.2 Å². The van der Waals surface area contributed by atoms with E-state index in [1.54, 1.807) is 24.3 Å². The Bertz CT molecular complexity index is 1340. The van der Waals surface area contributed by atoms with Crippen molar-refractivity contribution in [2.45, 2.75) is 12.7 Å². The molecule has 0 aliphatic heterocycles. The van der Waals surface area contributed by atoms with Gasteiger partial charge in [-0.2, -0.15) is 0 Å². The van der Waals surface area contributed by atoms with Crippen molar-refractivity contribution in [1.29, 1.82) is 0 Å². The highest BCUT2D eigenvalue weighted by molar-refractivity contribution is 7.89. The van der Waals surface area contributed by atoms with Gasteiger partial charge in [0, 0.05) is 23.6 Å². The Hall–Kier alpha value is -3.45. The van der Waals surface area contributed by atoms with E-state index in [2.05, 4.69) is 5.32 Å². The first kappa shape index (κ1) is 19.8.